The van der Waals surface area contributed by atoms with Crippen LogP contribution < -0.4 is 10.2 Å². The Labute approximate surface area is 129 Å². The number of rotatable bonds is 5. The summed E-state index contributed by atoms with van der Waals surface area (Å²) in [5.74, 6) is 1.26. The summed E-state index contributed by atoms with van der Waals surface area (Å²) in [7, 11) is 0. The first-order chi connectivity index (χ1) is 10.2. The fourth-order valence-corrected chi connectivity index (χ4v) is 3.23. The van der Waals surface area contributed by atoms with E-state index in [0.717, 1.165) is 30.7 Å². The molecule has 1 heterocycles. The van der Waals surface area contributed by atoms with E-state index in [0.29, 0.717) is 18.0 Å². The van der Waals surface area contributed by atoms with Gasteiger partial charge in [-0.3, -0.25) is 9.59 Å². The highest BCUT2D eigenvalue weighted by Gasteiger charge is 2.42. The zero-order valence-corrected chi connectivity index (χ0v) is 13.0. The largest absolute Gasteiger partial charge is 0.340 e. The Morgan fingerprint density at radius 3 is 2.76 bits per heavy atom. The normalized spacial score (nSPS) is 21.8. The average Bonchev–Trinajstić information content (AvgIpc) is 3.33. The monoisotopic (exact) mass is 304 g/mol. The van der Waals surface area contributed by atoms with Crippen LogP contribution in [0.4, 0.5) is 5.69 Å². The maximum absolute atomic E-state index is 12.8. The Kier molecular flexibility index (Phi) is 4.19. The highest BCUT2D eigenvalue weighted by atomic mass is 32.2. The summed E-state index contributed by atoms with van der Waals surface area (Å²) in [6, 6.07) is 7.06. The second kappa shape index (κ2) is 6.10. The first kappa shape index (κ1) is 14.4. The van der Waals surface area contributed by atoms with Gasteiger partial charge in [-0.1, -0.05) is 12.1 Å². The molecule has 1 N–H and O–H groups in total. The van der Waals surface area contributed by atoms with Gasteiger partial charge < -0.3 is 10.2 Å². The quantitative estimate of drug-likeness (QED) is 0.849. The van der Waals surface area contributed by atoms with Gasteiger partial charge in [0.25, 0.3) is 5.91 Å². The maximum atomic E-state index is 12.8. The van der Waals surface area contributed by atoms with Crippen LogP contribution in [0.2, 0.25) is 0 Å². The lowest BCUT2D eigenvalue weighted by Gasteiger charge is -2.25. The predicted molar refractivity (Wildman–Crippen MR) is 85.8 cm³/mol. The van der Waals surface area contributed by atoms with Crippen LogP contribution in [0.25, 0.3) is 0 Å². The lowest BCUT2D eigenvalue weighted by molar-refractivity contribution is -0.120. The number of nitrogens with one attached hydrogen (secondary N) is 1. The molecule has 2 aliphatic rings. The Morgan fingerprint density at radius 2 is 2.05 bits per heavy atom. The highest BCUT2D eigenvalue weighted by molar-refractivity contribution is 7.98. The van der Waals surface area contributed by atoms with Crippen molar-refractivity contribution in [3.8, 4) is 0 Å². The van der Waals surface area contributed by atoms with E-state index >= 15 is 0 Å². The summed E-state index contributed by atoms with van der Waals surface area (Å²) < 4.78 is 0. The first-order valence-corrected chi connectivity index (χ1v) is 8.82. The number of hydrogen-bond acceptors (Lipinski definition) is 3. The molecule has 1 aliphatic heterocycles. The molecule has 1 aliphatic carbocycles. The van der Waals surface area contributed by atoms with Crippen molar-refractivity contribution in [2.75, 3.05) is 23.5 Å². The molecule has 0 bridgehead atoms. The molecule has 1 unspecified atom stereocenters. The number of benzene rings is 1. The van der Waals surface area contributed by atoms with Gasteiger partial charge in [-0.15, -0.1) is 0 Å². The lowest BCUT2D eigenvalue weighted by atomic mass is 10.1. The molecule has 1 aromatic carbocycles. The van der Waals surface area contributed by atoms with Gasteiger partial charge in [0.1, 0.15) is 6.04 Å². The number of nitrogens with zero attached hydrogens (tertiary/aromatic N) is 1. The Hall–Kier alpha value is -1.49. The van der Waals surface area contributed by atoms with E-state index in [1.54, 1.807) is 17.8 Å². The molecule has 0 spiro atoms. The smallest absolute Gasteiger partial charge is 0.254 e. The van der Waals surface area contributed by atoms with Gasteiger partial charge in [0.2, 0.25) is 5.91 Å². The molecule has 5 heteroatoms. The molecule has 1 fully saturated rings. The van der Waals surface area contributed by atoms with Crippen molar-refractivity contribution in [1.29, 1.82) is 0 Å². The van der Waals surface area contributed by atoms with E-state index in [9.17, 15) is 9.59 Å². The third-order valence-electron chi connectivity index (χ3n) is 4.08. The van der Waals surface area contributed by atoms with Gasteiger partial charge in [-0.2, -0.15) is 11.8 Å². The fourth-order valence-electron chi connectivity index (χ4n) is 2.82. The maximum Gasteiger partial charge on any atom is 0.254 e. The van der Waals surface area contributed by atoms with Crippen LogP contribution in [0, 0.1) is 5.92 Å². The lowest BCUT2D eigenvalue weighted by Crippen LogP contribution is -2.47. The second-order valence-corrected chi connectivity index (χ2v) is 6.63. The summed E-state index contributed by atoms with van der Waals surface area (Å²) in [5, 5.41) is 2.93. The van der Waals surface area contributed by atoms with Crippen molar-refractivity contribution in [3.05, 3.63) is 29.8 Å². The molecule has 2 amide bonds. The van der Waals surface area contributed by atoms with Crippen LogP contribution in [0.5, 0.6) is 0 Å². The van der Waals surface area contributed by atoms with Gasteiger partial charge >= 0.3 is 0 Å². The minimum absolute atomic E-state index is 0.0527. The average molecular weight is 304 g/mol. The van der Waals surface area contributed by atoms with Crippen molar-refractivity contribution in [2.24, 2.45) is 5.92 Å². The molecule has 3 rings (SSSR count). The van der Waals surface area contributed by atoms with Crippen LogP contribution in [-0.2, 0) is 4.79 Å². The van der Waals surface area contributed by atoms with Gasteiger partial charge in [0, 0.05) is 6.54 Å². The number of carbonyl (C=O) groups is 2. The predicted octanol–water partition coefficient (Wildman–Crippen LogP) is 2.29. The standard InChI is InChI=1S/C16H20N2O2S/c1-21-10-4-9-18-13-6-3-2-5-12(13)15(19)17-14(16(18)20)11-7-8-11/h2-3,5-6,11,14H,4,7-10H2,1H3,(H,17,19). The third-order valence-corrected chi connectivity index (χ3v) is 4.78. The minimum atomic E-state index is -0.348. The van der Waals surface area contributed by atoms with E-state index in [2.05, 4.69) is 11.6 Å². The van der Waals surface area contributed by atoms with Crippen molar-refractivity contribution in [3.63, 3.8) is 0 Å². The van der Waals surface area contributed by atoms with Crippen LogP contribution in [0.15, 0.2) is 24.3 Å². The van der Waals surface area contributed by atoms with E-state index in [-0.39, 0.29) is 17.9 Å². The van der Waals surface area contributed by atoms with Gasteiger partial charge in [-0.05, 0) is 49.3 Å². The van der Waals surface area contributed by atoms with Crippen molar-refractivity contribution in [2.45, 2.75) is 25.3 Å². The number of para-hydroxylation sites is 1. The third kappa shape index (κ3) is 2.93. The van der Waals surface area contributed by atoms with E-state index in [1.165, 1.54) is 0 Å². The van der Waals surface area contributed by atoms with Crippen molar-refractivity contribution in [1.82, 2.24) is 5.32 Å². The zero-order chi connectivity index (χ0) is 14.8. The summed E-state index contributed by atoms with van der Waals surface area (Å²) >= 11 is 1.78. The number of carbonyl (C=O) groups excluding carboxylic acids is 2. The summed E-state index contributed by atoms with van der Waals surface area (Å²) in [5.41, 5.74) is 1.36. The fraction of sp³-hybridized carbons (Fsp3) is 0.500. The van der Waals surface area contributed by atoms with Gasteiger partial charge in [-0.25, -0.2) is 0 Å². The van der Waals surface area contributed by atoms with Crippen molar-refractivity contribution >= 4 is 29.3 Å². The number of amides is 2. The molecule has 112 valence electrons. The van der Waals surface area contributed by atoms with Crippen molar-refractivity contribution < 1.29 is 9.59 Å². The summed E-state index contributed by atoms with van der Waals surface area (Å²) in [4.78, 5) is 27.0. The van der Waals surface area contributed by atoms with Crippen LogP contribution in [0.1, 0.15) is 29.6 Å². The van der Waals surface area contributed by atoms with Gasteiger partial charge in [0.05, 0.1) is 11.3 Å². The summed E-state index contributed by atoms with van der Waals surface area (Å²) in [6.45, 7) is 0.675. The van der Waals surface area contributed by atoms with Crippen LogP contribution in [0.3, 0.4) is 0 Å². The molecule has 21 heavy (non-hydrogen) atoms. The molecule has 0 saturated heterocycles. The van der Waals surface area contributed by atoms with Gasteiger partial charge in [0.15, 0.2) is 0 Å². The Balaban J connectivity index is 1.93. The molecule has 0 aromatic heterocycles. The number of anilines is 1. The molecule has 1 saturated carbocycles. The molecular formula is C16H20N2O2S. The first-order valence-electron chi connectivity index (χ1n) is 7.42. The Bertz CT molecular complexity index is 557. The second-order valence-electron chi connectivity index (χ2n) is 5.64. The SMILES string of the molecule is CSCCCN1C(=O)C(C2CC2)NC(=O)c2ccccc21. The molecular weight excluding hydrogens is 284 g/mol. The topological polar surface area (TPSA) is 49.4 Å². The van der Waals surface area contributed by atoms with Crippen LogP contribution in [-0.4, -0.2) is 36.4 Å². The highest BCUT2D eigenvalue weighted by Crippen LogP contribution is 2.36. The molecule has 0 radical (unpaired) electrons. The number of hydrogen-bond donors (Lipinski definition) is 1. The molecule has 1 atom stereocenters. The number of fused-ring (bicyclic) bond motifs is 1. The van der Waals surface area contributed by atoms with Crippen LogP contribution >= 0.6 is 11.8 Å². The summed E-state index contributed by atoms with van der Waals surface area (Å²) in [6.07, 6.45) is 5.07. The Morgan fingerprint density at radius 1 is 1.29 bits per heavy atom. The minimum Gasteiger partial charge on any atom is -0.340 e. The molecule has 4 nitrogen and oxygen atoms in total. The van der Waals surface area contributed by atoms with E-state index in [1.807, 2.05) is 23.1 Å². The van der Waals surface area contributed by atoms with E-state index in [4.69, 9.17) is 0 Å². The zero-order valence-electron chi connectivity index (χ0n) is 12.2. The van der Waals surface area contributed by atoms with E-state index < -0.39 is 0 Å². The number of thioether (sulfide) groups is 1. The molecule has 1 aromatic rings.